The van der Waals surface area contributed by atoms with Gasteiger partial charge < -0.3 is 16.0 Å². The number of carbonyl (C=O) groups excluding carboxylic acids is 3. The van der Waals surface area contributed by atoms with Crippen molar-refractivity contribution in [3.8, 4) is 0 Å². The molecule has 1 aliphatic rings. The highest BCUT2D eigenvalue weighted by atomic mass is 35.6. The number of nitrogens with zero attached hydrogens (tertiary/aromatic N) is 1. The van der Waals surface area contributed by atoms with Crippen LogP contribution >= 0.6 is 58.6 Å². The summed E-state index contributed by atoms with van der Waals surface area (Å²) in [6.07, 6.45) is -1.20. The minimum Gasteiger partial charge on any atom is -0.339 e. The highest BCUT2D eigenvalue weighted by Gasteiger charge is 2.38. The van der Waals surface area contributed by atoms with E-state index in [9.17, 15) is 14.4 Å². The molecule has 1 atom stereocenters. The molecule has 12 heteroatoms. The molecule has 0 spiro atoms. The number of thiocarbonyl (C=S) groups is 1. The van der Waals surface area contributed by atoms with E-state index < -0.39 is 27.7 Å². The number of halogens is 4. The molecule has 31 heavy (non-hydrogen) atoms. The summed E-state index contributed by atoms with van der Waals surface area (Å²) in [5, 5.41) is 7.90. The molecule has 7 nitrogen and oxygen atoms in total. The zero-order chi connectivity index (χ0) is 22.8. The fourth-order valence-electron chi connectivity index (χ4n) is 2.87. The zero-order valence-corrected chi connectivity index (χ0v) is 19.3. The van der Waals surface area contributed by atoms with Gasteiger partial charge in [-0.25, -0.2) is 4.90 Å². The number of carbonyl (C=O) groups is 3. The normalized spacial score (nSPS) is 14.1. The lowest BCUT2D eigenvalue weighted by Crippen LogP contribution is -2.56. The first-order valence-corrected chi connectivity index (χ1v) is 10.8. The van der Waals surface area contributed by atoms with E-state index in [2.05, 4.69) is 16.0 Å². The maximum atomic E-state index is 12.8. The van der Waals surface area contributed by atoms with Gasteiger partial charge in [0, 0.05) is 0 Å². The summed E-state index contributed by atoms with van der Waals surface area (Å²) in [7, 11) is 0. The third kappa shape index (κ3) is 5.22. The number of rotatable bonds is 5. The Hall–Kier alpha value is -2.10. The Labute approximate surface area is 203 Å². The first-order valence-electron chi connectivity index (χ1n) is 8.70. The van der Waals surface area contributed by atoms with Crippen molar-refractivity contribution in [1.29, 1.82) is 0 Å². The molecule has 0 saturated heterocycles. The molecular formula is C19H14Cl4N4O3S. The number of amides is 3. The number of alkyl halides is 4. The largest absolute Gasteiger partial charge is 0.339 e. The minimum absolute atomic E-state index is 0.0322. The number of imide groups is 1. The van der Waals surface area contributed by atoms with Crippen LogP contribution in [0.15, 0.2) is 48.5 Å². The summed E-state index contributed by atoms with van der Waals surface area (Å²) >= 11 is 28.4. The third-order valence-corrected chi connectivity index (χ3v) is 5.33. The van der Waals surface area contributed by atoms with Crippen LogP contribution in [0.4, 0.5) is 11.4 Å². The molecule has 0 bridgehead atoms. The molecule has 0 saturated carbocycles. The number of hydrogen-bond acceptors (Lipinski definition) is 4. The molecule has 3 amide bonds. The van der Waals surface area contributed by atoms with Crippen LogP contribution in [0, 0.1) is 0 Å². The molecular weight excluding hydrogens is 506 g/mol. The van der Waals surface area contributed by atoms with E-state index in [1.165, 1.54) is 0 Å². The summed E-state index contributed by atoms with van der Waals surface area (Å²) in [4.78, 5) is 38.3. The summed E-state index contributed by atoms with van der Waals surface area (Å²) in [5.74, 6) is -1.84. The van der Waals surface area contributed by atoms with Crippen molar-refractivity contribution in [2.75, 3.05) is 16.1 Å². The van der Waals surface area contributed by atoms with E-state index in [-0.39, 0.29) is 16.7 Å². The number of benzene rings is 2. The lowest BCUT2D eigenvalue weighted by molar-refractivity contribution is -0.119. The monoisotopic (exact) mass is 518 g/mol. The minimum atomic E-state index is -1.95. The number of nitrogens with one attached hydrogen (secondary N) is 3. The number of hydrogen-bond donors (Lipinski definition) is 3. The van der Waals surface area contributed by atoms with E-state index in [1.807, 2.05) is 0 Å². The standard InChI is InChI=1S/C19H14Cl4N4O3S/c20-9-14(28)25-17(19(21,22)23)26-18(31)24-12-7-3-4-8-13(12)27-15(29)10-5-1-2-6-11(10)16(27)30/h1-8,17H,9H2,(H,25,28)(H2,24,26,31). The first-order chi connectivity index (χ1) is 14.6. The molecule has 0 fully saturated rings. The maximum absolute atomic E-state index is 12.8. The first kappa shape index (κ1) is 23.6. The van der Waals surface area contributed by atoms with Gasteiger partial charge in [-0.1, -0.05) is 59.1 Å². The quantitative estimate of drug-likeness (QED) is 0.241. The highest BCUT2D eigenvalue weighted by molar-refractivity contribution is 7.80. The van der Waals surface area contributed by atoms with Crippen LogP contribution in [0.1, 0.15) is 20.7 Å². The van der Waals surface area contributed by atoms with Crippen molar-refractivity contribution in [2.45, 2.75) is 9.96 Å². The predicted molar refractivity (Wildman–Crippen MR) is 126 cm³/mol. The van der Waals surface area contributed by atoms with Gasteiger partial charge in [-0.3, -0.25) is 14.4 Å². The molecule has 1 heterocycles. The van der Waals surface area contributed by atoms with E-state index in [0.717, 1.165) is 4.90 Å². The Morgan fingerprint density at radius 3 is 2.06 bits per heavy atom. The van der Waals surface area contributed by atoms with Gasteiger partial charge in [-0.2, -0.15) is 0 Å². The highest BCUT2D eigenvalue weighted by Crippen LogP contribution is 2.33. The molecule has 2 aromatic rings. The molecule has 1 aliphatic heterocycles. The van der Waals surface area contributed by atoms with Gasteiger partial charge in [0.15, 0.2) is 5.11 Å². The molecule has 3 rings (SSSR count). The van der Waals surface area contributed by atoms with Gasteiger partial charge in [-0.15, -0.1) is 11.6 Å². The van der Waals surface area contributed by atoms with Crippen LogP contribution in [-0.2, 0) is 4.79 Å². The maximum Gasteiger partial charge on any atom is 0.266 e. The van der Waals surface area contributed by atoms with Gasteiger partial charge in [0.25, 0.3) is 11.8 Å². The van der Waals surface area contributed by atoms with Crippen LogP contribution in [0.2, 0.25) is 0 Å². The lowest BCUT2D eigenvalue weighted by Gasteiger charge is -2.28. The van der Waals surface area contributed by atoms with Crippen molar-refractivity contribution in [3.63, 3.8) is 0 Å². The molecule has 1 unspecified atom stereocenters. The van der Waals surface area contributed by atoms with Crippen molar-refractivity contribution >= 4 is 92.8 Å². The Balaban J connectivity index is 1.83. The van der Waals surface area contributed by atoms with Crippen LogP contribution in [0.25, 0.3) is 0 Å². The lowest BCUT2D eigenvalue weighted by atomic mass is 10.1. The fraction of sp³-hybridized carbons (Fsp3) is 0.158. The van der Waals surface area contributed by atoms with Crippen molar-refractivity contribution in [1.82, 2.24) is 10.6 Å². The summed E-state index contributed by atoms with van der Waals surface area (Å²) in [6, 6.07) is 13.1. The molecule has 2 aromatic carbocycles. The van der Waals surface area contributed by atoms with Crippen LogP contribution in [0.3, 0.4) is 0 Å². The number of fused-ring (bicyclic) bond motifs is 1. The Morgan fingerprint density at radius 2 is 1.52 bits per heavy atom. The summed E-state index contributed by atoms with van der Waals surface area (Å²) in [6.45, 7) is 0. The van der Waals surface area contributed by atoms with Gasteiger partial charge in [0.1, 0.15) is 12.0 Å². The van der Waals surface area contributed by atoms with Gasteiger partial charge >= 0.3 is 0 Å². The van der Waals surface area contributed by atoms with Gasteiger partial charge in [0.2, 0.25) is 9.70 Å². The van der Waals surface area contributed by atoms with Crippen LogP contribution in [-0.4, -0.2) is 38.7 Å². The summed E-state index contributed by atoms with van der Waals surface area (Å²) < 4.78 is -1.95. The second-order valence-electron chi connectivity index (χ2n) is 6.28. The Bertz CT molecular complexity index is 1030. The molecule has 3 N–H and O–H groups in total. The van der Waals surface area contributed by atoms with Crippen LogP contribution < -0.4 is 20.9 Å². The molecule has 0 aromatic heterocycles. The summed E-state index contributed by atoms with van der Waals surface area (Å²) in [5.41, 5.74) is 1.25. The molecule has 0 radical (unpaired) electrons. The van der Waals surface area contributed by atoms with Crippen LogP contribution in [0.5, 0.6) is 0 Å². The SMILES string of the molecule is O=C(CCl)NC(NC(=S)Nc1ccccc1N1C(=O)c2ccccc2C1=O)C(Cl)(Cl)Cl. The Kier molecular flexibility index (Phi) is 7.28. The predicted octanol–water partition coefficient (Wildman–Crippen LogP) is 3.82. The number of para-hydroxylation sites is 2. The average molecular weight is 520 g/mol. The van der Waals surface area contributed by atoms with E-state index in [1.54, 1.807) is 48.5 Å². The topological polar surface area (TPSA) is 90.5 Å². The van der Waals surface area contributed by atoms with Crippen molar-refractivity contribution in [2.24, 2.45) is 0 Å². The second kappa shape index (κ2) is 9.58. The third-order valence-electron chi connectivity index (χ3n) is 4.22. The smallest absolute Gasteiger partial charge is 0.266 e. The van der Waals surface area contributed by atoms with Crippen molar-refractivity contribution < 1.29 is 14.4 Å². The van der Waals surface area contributed by atoms with Crippen molar-refractivity contribution in [3.05, 3.63) is 59.7 Å². The second-order valence-corrected chi connectivity index (χ2v) is 9.33. The zero-order valence-electron chi connectivity index (χ0n) is 15.5. The van der Waals surface area contributed by atoms with Gasteiger partial charge in [0.05, 0.1) is 22.5 Å². The van der Waals surface area contributed by atoms with E-state index in [0.29, 0.717) is 16.8 Å². The van der Waals surface area contributed by atoms with E-state index in [4.69, 9.17) is 58.6 Å². The Morgan fingerprint density at radius 1 is 0.968 bits per heavy atom. The number of anilines is 2. The fourth-order valence-corrected chi connectivity index (χ4v) is 3.50. The average Bonchev–Trinajstić information content (AvgIpc) is 2.98. The van der Waals surface area contributed by atoms with Gasteiger partial charge in [-0.05, 0) is 36.5 Å². The van der Waals surface area contributed by atoms with E-state index >= 15 is 0 Å². The molecule has 162 valence electrons. The molecule has 0 aliphatic carbocycles.